The maximum absolute atomic E-state index is 11.8. The molecule has 0 amide bonds. The molecule has 2 aromatic heterocycles. The summed E-state index contributed by atoms with van der Waals surface area (Å²) in [6, 6.07) is 4.48. The third-order valence-corrected chi connectivity index (χ3v) is 3.27. The first-order valence-electron chi connectivity index (χ1n) is 4.64. The molecule has 2 aromatic rings. The van der Waals surface area contributed by atoms with Crippen LogP contribution in [0, 0.1) is 0 Å². The van der Waals surface area contributed by atoms with Crippen LogP contribution in [0.4, 0.5) is 5.69 Å². The molecular formula is C9H10N4O3S. The number of nitrogens with zero attached hydrogens (tertiary/aromatic N) is 2. The van der Waals surface area contributed by atoms with Crippen LogP contribution in [0.1, 0.15) is 0 Å². The lowest BCUT2D eigenvalue weighted by atomic mass is 10.4. The van der Waals surface area contributed by atoms with Crippen LogP contribution in [0.2, 0.25) is 0 Å². The van der Waals surface area contributed by atoms with E-state index in [1.165, 1.54) is 25.6 Å². The highest BCUT2D eigenvalue weighted by molar-refractivity contribution is 7.92. The summed E-state index contributed by atoms with van der Waals surface area (Å²) >= 11 is 0. The second kappa shape index (κ2) is 4.42. The molecule has 0 aliphatic rings. The van der Waals surface area contributed by atoms with Gasteiger partial charge in [-0.05, 0) is 12.1 Å². The Morgan fingerprint density at radius 1 is 1.35 bits per heavy atom. The van der Waals surface area contributed by atoms with Gasteiger partial charge in [-0.15, -0.1) is 0 Å². The molecule has 0 aromatic carbocycles. The number of aromatic nitrogens is 3. The zero-order chi connectivity index (χ0) is 12.3. The molecule has 0 fully saturated rings. The molecule has 90 valence electrons. The van der Waals surface area contributed by atoms with Crippen molar-refractivity contribution in [3.63, 3.8) is 0 Å². The SMILES string of the molecule is COc1ccc(NS(=O)(=O)c2ccn[nH]2)cn1. The largest absolute Gasteiger partial charge is 0.481 e. The van der Waals surface area contributed by atoms with E-state index in [9.17, 15) is 8.42 Å². The minimum Gasteiger partial charge on any atom is -0.481 e. The number of aromatic amines is 1. The van der Waals surface area contributed by atoms with Crippen molar-refractivity contribution in [3.05, 3.63) is 30.6 Å². The Hall–Kier alpha value is -2.09. The van der Waals surface area contributed by atoms with Crippen LogP contribution in [0.25, 0.3) is 0 Å². The Bertz CT molecular complexity index is 577. The van der Waals surface area contributed by atoms with Gasteiger partial charge in [0.25, 0.3) is 10.0 Å². The molecule has 7 nitrogen and oxygen atoms in total. The van der Waals surface area contributed by atoms with E-state index in [0.717, 1.165) is 0 Å². The molecule has 0 saturated carbocycles. The van der Waals surface area contributed by atoms with Gasteiger partial charge >= 0.3 is 0 Å². The van der Waals surface area contributed by atoms with Gasteiger partial charge in [0.05, 0.1) is 25.2 Å². The molecule has 2 rings (SSSR count). The Kier molecular flexibility index (Phi) is 2.96. The van der Waals surface area contributed by atoms with E-state index in [0.29, 0.717) is 11.6 Å². The van der Waals surface area contributed by atoms with E-state index in [4.69, 9.17) is 4.74 Å². The third-order valence-electron chi connectivity index (χ3n) is 1.96. The zero-order valence-corrected chi connectivity index (χ0v) is 9.73. The maximum atomic E-state index is 11.8. The number of methoxy groups -OCH3 is 1. The Labute approximate surface area is 97.9 Å². The lowest BCUT2D eigenvalue weighted by molar-refractivity contribution is 0.398. The first kappa shape index (κ1) is 11.4. The van der Waals surface area contributed by atoms with Gasteiger partial charge < -0.3 is 4.74 Å². The van der Waals surface area contributed by atoms with Crippen molar-refractivity contribution in [2.75, 3.05) is 11.8 Å². The smallest absolute Gasteiger partial charge is 0.278 e. The third kappa shape index (κ3) is 2.53. The maximum Gasteiger partial charge on any atom is 0.278 e. The number of nitrogens with one attached hydrogen (secondary N) is 2. The zero-order valence-electron chi connectivity index (χ0n) is 8.91. The van der Waals surface area contributed by atoms with Crippen LogP contribution in [-0.4, -0.2) is 30.7 Å². The van der Waals surface area contributed by atoms with Crippen LogP contribution in [-0.2, 0) is 10.0 Å². The molecule has 2 heterocycles. The lowest BCUT2D eigenvalue weighted by Gasteiger charge is -2.05. The summed E-state index contributed by atoms with van der Waals surface area (Å²) in [5, 5.41) is 5.95. The lowest BCUT2D eigenvalue weighted by Crippen LogP contribution is -2.13. The second-order valence-corrected chi connectivity index (χ2v) is 4.77. The number of hydrogen-bond acceptors (Lipinski definition) is 5. The van der Waals surface area contributed by atoms with Gasteiger partial charge in [0.15, 0.2) is 5.03 Å². The minimum absolute atomic E-state index is 0.00619. The molecule has 8 heteroatoms. The highest BCUT2D eigenvalue weighted by Gasteiger charge is 2.15. The van der Waals surface area contributed by atoms with Gasteiger partial charge in [0.2, 0.25) is 5.88 Å². The minimum atomic E-state index is -3.64. The van der Waals surface area contributed by atoms with E-state index < -0.39 is 10.0 Å². The van der Waals surface area contributed by atoms with Crippen LogP contribution < -0.4 is 9.46 Å². The number of ether oxygens (including phenoxy) is 1. The fourth-order valence-electron chi connectivity index (χ4n) is 1.16. The van der Waals surface area contributed by atoms with E-state index in [1.54, 1.807) is 12.1 Å². The van der Waals surface area contributed by atoms with Gasteiger partial charge in [-0.25, -0.2) is 4.98 Å². The molecule has 0 atom stereocenters. The normalized spacial score (nSPS) is 11.1. The first-order chi connectivity index (χ1) is 8.12. The van der Waals surface area contributed by atoms with Crippen LogP contribution in [0.3, 0.4) is 0 Å². The van der Waals surface area contributed by atoms with Crippen molar-refractivity contribution in [2.24, 2.45) is 0 Å². The number of rotatable bonds is 4. The van der Waals surface area contributed by atoms with Crippen LogP contribution in [0.15, 0.2) is 35.6 Å². The van der Waals surface area contributed by atoms with Crippen molar-refractivity contribution in [1.82, 2.24) is 15.2 Å². The second-order valence-electron chi connectivity index (χ2n) is 3.12. The number of hydrogen-bond donors (Lipinski definition) is 2. The molecule has 0 radical (unpaired) electrons. The van der Waals surface area contributed by atoms with Crippen molar-refractivity contribution in [1.29, 1.82) is 0 Å². The van der Waals surface area contributed by atoms with Gasteiger partial charge in [0.1, 0.15) is 0 Å². The average molecular weight is 254 g/mol. The molecule has 0 unspecified atom stereocenters. The predicted octanol–water partition coefficient (Wildman–Crippen LogP) is 0.614. The number of H-pyrrole nitrogens is 1. The van der Waals surface area contributed by atoms with Crippen molar-refractivity contribution >= 4 is 15.7 Å². The summed E-state index contributed by atoms with van der Waals surface area (Å²) in [5.41, 5.74) is 0.348. The summed E-state index contributed by atoms with van der Waals surface area (Å²) in [4.78, 5) is 3.89. The Morgan fingerprint density at radius 3 is 2.71 bits per heavy atom. The highest BCUT2D eigenvalue weighted by Crippen LogP contribution is 2.15. The number of anilines is 1. The van der Waals surface area contributed by atoms with Gasteiger partial charge in [0, 0.05) is 6.07 Å². The number of pyridine rings is 1. The molecule has 0 spiro atoms. The number of sulfonamides is 1. The van der Waals surface area contributed by atoms with E-state index >= 15 is 0 Å². The molecule has 0 aliphatic carbocycles. The summed E-state index contributed by atoms with van der Waals surface area (Å²) < 4.78 is 30.8. The molecule has 0 bridgehead atoms. The quantitative estimate of drug-likeness (QED) is 0.833. The average Bonchev–Trinajstić information content (AvgIpc) is 2.84. The fraction of sp³-hybridized carbons (Fsp3) is 0.111. The molecule has 2 N–H and O–H groups in total. The van der Waals surface area contributed by atoms with Crippen LogP contribution >= 0.6 is 0 Å². The van der Waals surface area contributed by atoms with E-state index in [1.807, 2.05) is 0 Å². The highest BCUT2D eigenvalue weighted by atomic mass is 32.2. The topological polar surface area (TPSA) is 97.0 Å². The predicted molar refractivity (Wildman–Crippen MR) is 60.2 cm³/mol. The first-order valence-corrected chi connectivity index (χ1v) is 6.12. The standard InChI is InChI=1S/C9H10N4O3S/c1-16-8-3-2-7(6-10-8)13-17(14,15)9-4-5-11-12-9/h2-6,13H,1H3,(H,11,12). The monoisotopic (exact) mass is 254 g/mol. The van der Waals surface area contributed by atoms with Crippen molar-refractivity contribution in [3.8, 4) is 5.88 Å². The Balaban J connectivity index is 2.21. The van der Waals surface area contributed by atoms with E-state index in [-0.39, 0.29) is 5.03 Å². The van der Waals surface area contributed by atoms with Gasteiger partial charge in [-0.1, -0.05) is 0 Å². The molecule has 0 saturated heterocycles. The van der Waals surface area contributed by atoms with E-state index in [2.05, 4.69) is 19.9 Å². The fourth-order valence-corrected chi connectivity index (χ4v) is 2.12. The van der Waals surface area contributed by atoms with Crippen LogP contribution in [0.5, 0.6) is 5.88 Å². The molecular weight excluding hydrogens is 244 g/mol. The summed E-state index contributed by atoms with van der Waals surface area (Å²) in [6.07, 6.45) is 2.73. The van der Waals surface area contributed by atoms with Crippen molar-refractivity contribution in [2.45, 2.75) is 5.03 Å². The van der Waals surface area contributed by atoms with Gasteiger partial charge in [-0.2, -0.15) is 13.5 Å². The van der Waals surface area contributed by atoms with Crippen molar-refractivity contribution < 1.29 is 13.2 Å². The summed E-state index contributed by atoms with van der Waals surface area (Å²) in [6.45, 7) is 0. The summed E-state index contributed by atoms with van der Waals surface area (Å²) in [5.74, 6) is 0.412. The molecule has 0 aliphatic heterocycles. The summed E-state index contributed by atoms with van der Waals surface area (Å²) in [7, 11) is -2.16. The molecule has 17 heavy (non-hydrogen) atoms. The Morgan fingerprint density at radius 2 is 2.18 bits per heavy atom. The van der Waals surface area contributed by atoms with Gasteiger partial charge in [-0.3, -0.25) is 9.82 Å².